The Kier molecular flexibility index (Phi) is 6.12. The summed E-state index contributed by atoms with van der Waals surface area (Å²) in [7, 11) is -0.928. The molecule has 3 rings (SSSR count). The number of carboxylic acid groups (broad SMARTS) is 1. The van der Waals surface area contributed by atoms with Crippen LogP contribution in [0.3, 0.4) is 0 Å². The lowest BCUT2D eigenvalue weighted by molar-refractivity contribution is 0.0696. The minimum absolute atomic E-state index is 0.0703. The lowest BCUT2D eigenvalue weighted by Crippen LogP contribution is -2.27. The molecular weight excluding hydrogens is 396 g/mol. The minimum Gasteiger partial charge on any atom is -0.494 e. The molecule has 1 heterocycles. The number of aromatic carboxylic acids is 1. The molecule has 0 atom stereocenters. The number of nitrogens with zero attached hydrogens (tertiary/aromatic N) is 1. The first kappa shape index (κ1) is 20.7. The van der Waals surface area contributed by atoms with Crippen LogP contribution in [0.1, 0.15) is 10.4 Å². The number of carboxylic acids is 1. The molecule has 0 aliphatic carbocycles. The van der Waals surface area contributed by atoms with Crippen molar-refractivity contribution < 1.29 is 27.8 Å². The maximum absolute atomic E-state index is 12.6. The normalized spacial score (nSPS) is 11.5. The summed E-state index contributed by atoms with van der Waals surface area (Å²) in [5, 5.41) is 10.2. The van der Waals surface area contributed by atoms with Gasteiger partial charge in [-0.3, -0.25) is 4.98 Å². The molecule has 152 valence electrons. The van der Waals surface area contributed by atoms with Crippen molar-refractivity contribution in [3.05, 3.63) is 54.2 Å². The van der Waals surface area contributed by atoms with Gasteiger partial charge in [-0.05, 0) is 47.5 Å². The van der Waals surface area contributed by atoms with Gasteiger partial charge in [-0.2, -0.15) is 0 Å². The first-order chi connectivity index (χ1) is 13.9. The zero-order valence-corrected chi connectivity index (χ0v) is 16.7. The molecule has 0 spiro atoms. The summed E-state index contributed by atoms with van der Waals surface area (Å²) in [4.78, 5) is 15.8. The fourth-order valence-corrected chi connectivity index (χ4v) is 4.04. The number of aromatic nitrogens is 1. The second-order valence-corrected chi connectivity index (χ2v) is 7.92. The number of methoxy groups -OCH3 is 2. The predicted molar refractivity (Wildman–Crippen MR) is 108 cm³/mol. The van der Waals surface area contributed by atoms with Crippen LogP contribution in [-0.4, -0.2) is 51.8 Å². The van der Waals surface area contributed by atoms with Gasteiger partial charge in [0.2, 0.25) is 10.0 Å². The van der Waals surface area contributed by atoms with Gasteiger partial charge in [0.05, 0.1) is 24.2 Å². The molecule has 0 aliphatic rings. The van der Waals surface area contributed by atoms with Gasteiger partial charge in [0, 0.05) is 25.2 Å². The van der Waals surface area contributed by atoms with Crippen molar-refractivity contribution >= 4 is 26.9 Å². The number of sulfonamides is 1. The third kappa shape index (κ3) is 4.37. The van der Waals surface area contributed by atoms with Crippen LogP contribution in [0.25, 0.3) is 22.0 Å². The summed E-state index contributed by atoms with van der Waals surface area (Å²) in [6.07, 6.45) is 1.62. The Hall–Kier alpha value is -3.01. The SMILES string of the molecule is COCCNS(=O)(=O)c1cc(C(=O)O)cc(-c2ccc(OC)c3ncccc23)c1. The highest BCUT2D eigenvalue weighted by atomic mass is 32.2. The topological polar surface area (TPSA) is 115 Å². The van der Waals surface area contributed by atoms with Crippen LogP contribution in [0.15, 0.2) is 53.6 Å². The fourth-order valence-electron chi connectivity index (χ4n) is 2.96. The number of rotatable bonds is 8. The van der Waals surface area contributed by atoms with E-state index in [0.717, 1.165) is 6.07 Å². The molecule has 1 aromatic heterocycles. The van der Waals surface area contributed by atoms with Gasteiger partial charge in [0.1, 0.15) is 11.3 Å². The quantitative estimate of drug-likeness (QED) is 0.542. The van der Waals surface area contributed by atoms with Gasteiger partial charge in [-0.15, -0.1) is 0 Å². The number of ether oxygens (including phenoxy) is 2. The van der Waals surface area contributed by atoms with E-state index < -0.39 is 16.0 Å². The van der Waals surface area contributed by atoms with E-state index in [1.165, 1.54) is 26.4 Å². The van der Waals surface area contributed by atoms with E-state index in [4.69, 9.17) is 9.47 Å². The molecule has 29 heavy (non-hydrogen) atoms. The molecule has 9 heteroatoms. The van der Waals surface area contributed by atoms with Crippen LogP contribution in [0.4, 0.5) is 0 Å². The van der Waals surface area contributed by atoms with Crippen molar-refractivity contribution in [2.75, 3.05) is 27.4 Å². The first-order valence-electron chi connectivity index (χ1n) is 8.66. The van der Waals surface area contributed by atoms with Crippen LogP contribution in [0.5, 0.6) is 5.75 Å². The number of benzene rings is 2. The standard InChI is InChI=1S/C20H20N2O6S/c1-27-9-8-22-29(25,26)15-11-13(10-14(12-15)20(23)24)16-5-6-18(28-2)19-17(16)4-3-7-21-19/h3-7,10-12,22H,8-9H2,1-2H3,(H,23,24). The van der Waals surface area contributed by atoms with Gasteiger partial charge in [-0.25, -0.2) is 17.9 Å². The summed E-state index contributed by atoms with van der Waals surface area (Å²) in [5.74, 6) is -0.663. The van der Waals surface area contributed by atoms with E-state index in [-0.39, 0.29) is 23.6 Å². The van der Waals surface area contributed by atoms with Crippen LogP contribution in [0.2, 0.25) is 0 Å². The van der Waals surface area contributed by atoms with Crippen molar-refractivity contribution in [1.82, 2.24) is 9.71 Å². The smallest absolute Gasteiger partial charge is 0.335 e. The molecule has 8 nitrogen and oxygen atoms in total. The highest BCUT2D eigenvalue weighted by molar-refractivity contribution is 7.89. The van der Waals surface area contributed by atoms with Crippen molar-refractivity contribution in [1.29, 1.82) is 0 Å². The second kappa shape index (κ2) is 8.56. The van der Waals surface area contributed by atoms with Crippen molar-refractivity contribution in [2.24, 2.45) is 0 Å². The molecule has 0 unspecified atom stereocenters. The number of fused-ring (bicyclic) bond motifs is 1. The molecule has 0 aliphatic heterocycles. The van der Waals surface area contributed by atoms with Gasteiger partial charge in [0.15, 0.2) is 0 Å². The van der Waals surface area contributed by atoms with E-state index in [1.807, 2.05) is 6.07 Å². The van der Waals surface area contributed by atoms with Gasteiger partial charge in [-0.1, -0.05) is 6.07 Å². The van der Waals surface area contributed by atoms with Crippen LogP contribution in [-0.2, 0) is 14.8 Å². The first-order valence-corrected chi connectivity index (χ1v) is 10.1. The third-order valence-corrected chi connectivity index (χ3v) is 5.77. The average molecular weight is 416 g/mol. The lowest BCUT2D eigenvalue weighted by atomic mass is 9.98. The van der Waals surface area contributed by atoms with Gasteiger partial charge >= 0.3 is 5.97 Å². The molecular formula is C20H20N2O6S. The van der Waals surface area contributed by atoms with E-state index in [0.29, 0.717) is 27.8 Å². The molecule has 2 aromatic carbocycles. The van der Waals surface area contributed by atoms with E-state index in [1.54, 1.807) is 24.4 Å². The molecule has 3 aromatic rings. The Balaban J connectivity index is 2.20. The highest BCUT2D eigenvalue weighted by Gasteiger charge is 2.19. The third-order valence-electron chi connectivity index (χ3n) is 4.33. The molecule has 0 bridgehead atoms. The van der Waals surface area contributed by atoms with Crippen LogP contribution in [0, 0.1) is 0 Å². The summed E-state index contributed by atoms with van der Waals surface area (Å²) in [6, 6.07) is 11.0. The maximum atomic E-state index is 12.6. The van der Waals surface area contributed by atoms with E-state index in [2.05, 4.69) is 9.71 Å². The lowest BCUT2D eigenvalue weighted by Gasteiger charge is -2.13. The molecule has 0 amide bonds. The molecule has 0 saturated carbocycles. The summed E-state index contributed by atoms with van der Waals surface area (Å²) in [6.45, 7) is 0.264. The Morgan fingerprint density at radius 1 is 1.17 bits per heavy atom. The average Bonchev–Trinajstić information content (AvgIpc) is 2.72. The number of pyridine rings is 1. The zero-order chi connectivity index (χ0) is 21.0. The zero-order valence-electron chi connectivity index (χ0n) is 15.9. The van der Waals surface area contributed by atoms with Gasteiger partial charge in [0.25, 0.3) is 0 Å². The molecule has 0 radical (unpaired) electrons. The Morgan fingerprint density at radius 2 is 1.97 bits per heavy atom. The monoisotopic (exact) mass is 416 g/mol. The number of hydrogen-bond acceptors (Lipinski definition) is 6. The number of hydrogen-bond donors (Lipinski definition) is 2. The van der Waals surface area contributed by atoms with Gasteiger partial charge < -0.3 is 14.6 Å². The van der Waals surface area contributed by atoms with Crippen molar-refractivity contribution in [3.8, 4) is 16.9 Å². The Labute approximate surface area is 168 Å². The maximum Gasteiger partial charge on any atom is 0.335 e. The van der Waals surface area contributed by atoms with Crippen molar-refractivity contribution in [3.63, 3.8) is 0 Å². The largest absolute Gasteiger partial charge is 0.494 e. The summed E-state index contributed by atoms with van der Waals surface area (Å²) >= 11 is 0. The molecule has 2 N–H and O–H groups in total. The Morgan fingerprint density at radius 3 is 2.66 bits per heavy atom. The highest BCUT2D eigenvalue weighted by Crippen LogP contribution is 2.34. The minimum atomic E-state index is -3.92. The van der Waals surface area contributed by atoms with E-state index in [9.17, 15) is 18.3 Å². The van der Waals surface area contributed by atoms with Crippen LogP contribution < -0.4 is 9.46 Å². The second-order valence-electron chi connectivity index (χ2n) is 6.16. The van der Waals surface area contributed by atoms with Crippen molar-refractivity contribution in [2.45, 2.75) is 4.90 Å². The van der Waals surface area contributed by atoms with Crippen LogP contribution >= 0.6 is 0 Å². The molecule has 0 fully saturated rings. The summed E-state index contributed by atoms with van der Waals surface area (Å²) < 4.78 is 37.9. The Bertz CT molecular complexity index is 1160. The number of nitrogens with one attached hydrogen (secondary N) is 1. The fraction of sp³-hybridized carbons (Fsp3) is 0.200. The predicted octanol–water partition coefficient (Wildman–Crippen LogP) is 2.53. The van der Waals surface area contributed by atoms with E-state index >= 15 is 0 Å². The molecule has 0 saturated heterocycles. The summed E-state index contributed by atoms with van der Waals surface area (Å²) in [5.41, 5.74) is 1.54. The number of carbonyl (C=O) groups is 1.